The minimum atomic E-state index is 0.625. The van der Waals surface area contributed by atoms with Crippen LogP contribution in [0.15, 0.2) is 23.2 Å². The Morgan fingerprint density at radius 3 is 2.71 bits per heavy atom. The maximum atomic E-state index is 5.51. The third kappa shape index (κ3) is 6.16. The van der Waals surface area contributed by atoms with Gasteiger partial charge in [-0.1, -0.05) is 6.07 Å². The fourth-order valence-corrected chi connectivity index (χ4v) is 2.08. The zero-order valence-electron chi connectivity index (χ0n) is 13.2. The Bertz CT molecular complexity index is 453. The second-order valence-electron chi connectivity index (χ2n) is 4.26. The first-order chi connectivity index (χ1) is 10.2. The van der Waals surface area contributed by atoms with Crippen LogP contribution in [-0.4, -0.2) is 45.3 Å². The smallest absolute Gasteiger partial charge is 0.191 e. The number of methoxy groups -OCH3 is 1. The number of nitrogens with one attached hydrogen (secondary N) is 2. The molecule has 0 aliphatic heterocycles. The molecule has 0 unspecified atom stereocenters. The number of hydrogen-bond donors (Lipinski definition) is 2. The van der Waals surface area contributed by atoms with E-state index in [1.165, 1.54) is 0 Å². The molecule has 0 fully saturated rings. The molecule has 0 bridgehead atoms. The molecule has 0 aliphatic carbocycles. The largest absolute Gasteiger partial charge is 0.493 e. The van der Waals surface area contributed by atoms with Gasteiger partial charge in [-0.05, 0) is 30.9 Å². The molecule has 2 N–H and O–H groups in total. The molecule has 1 aromatic carbocycles. The third-order valence-electron chi connectivity index (χ3n) is 2.81. The average molecular weight is 311 g/mol. The minimum absolute atomic E-state index is 0.625. The normalized spacial score (nSPS) is 11.1. The second-order valence-corrected chi connectivity index (χ2v) is 5.25. The van der Waals surface area contributed by atoms with Gasteiger partial charge in [-0.3, -0.25) is 4.99 Å². The van der Waals surface area contributed by atoms with Crippen LogP contribution >= 0.6 is 11.8 Å². The van der Waals surface area contributed by atoms with E-state index in [2.05, 4.69) is 21.9 Å². The molecule has 0 atom stereocenters. The standard InChI is InChI=1S/C15H25N3O2S/c1-5-20-13-7-6-12(10-14(13)19-3)11-18-15(16-2)17-8-9-21-4/h6-7,10H,5,8-9,11H2,1-4H3,(H2,16,17,18). The highest BCUT2D eigenvalue weighted by Gasteiger charge is 2.05. The Hall–Kier alpha value is -1.56. The molecule has 6 heteroatoms. The molecule has 118 valence electrons. The number of nitrogens with zero attached hydrogens (tertiary/aromatic N) is 1. The summed E-state index contributed by atoms with van der Waals surface area (Å²) < 4.78 is 10.9. The number of guanidine groups is 1. The summed E-state index contributed by atoms with van der Waals surface area (Å²) in [5, 5.41) is 6.54. The highest BCUT2D eigenvalue weighted by molar-refractivity contribution is 7.98. The fourth-order valence-electron chi connectivity index (χ4n) is 1.77. The van der Waals surface area contributed by atoms with Crippen LogP contribution < -0.4 is 20.1 Å². The van der Waals surface area contributed by atoms with Gasteiger partial charge in [0.05, 0.1) is 13.7 Å². The van der Waals surface area contributed by atoms with E-state index >= 15 is 0 Å². The zero-order valence-corrected chi connectivity index (χ0v) is 14.0. The van der Waals surface area contributed by atoms with Crippen LogP contribution in [0.25, 0.3) is 0 Å². The van der Waals surface area contributed by atoms with Crippen molar-refractivity contribution < 1.29 is 9.47 Å². The van der Waals surface area contributed by atoms with Gasteiger partial charge in [0.1, 0.15) is 0 Å². The maximum Gasteiger partial charge on any atom is 0.191 e. The Kier molecular flexibility index (Phi) is 8.50. The molecule has 0 saturated heterocycles. The molecule has 5 nitrogen and oxygen atoms in total. The lowest BCUT2D eigenvalue weighted by Crippen LogP contribution is -2.37. The lowest BCUT2D eigenvalue weighted by molar-refractivity contribution is 0.310. The van der Waals surface area contributed by atoms with Gasteiger partial charge < -0.3 is 20.1 Å². The summed E-state index contributed by atoms with van der Waals surface area (Å²) in [7, 11) is 3.42. The summed E-state index contributed by atoms with van der Waals surface area (Å²) in [5.74, 6) is 3.38. The summed E-state index contributed by atoms with van der Waals surface area (Å²) in [5.41, 5.74) is 1.11. The van der Waals surface area contributed by atoms with Gasteiger partial charge in [-0.15, -0.1) is 0 Å². The Labute approximate surface area is 131 Å². The summed E-state index contributed by atoms with van der Waals surface area (Å²) in [4.78, 5) is 4.19. The van der Waals surface area contributed by atoms with Gasteiger partial charge >= 0.3 is 0 Å². The van der Waals surface area contributed by atoms with Crippen LogP contribution in [0.1, 0.15) is 12.5 Å². The SMILES string of the molecule is CCOc1ccc(CNC(=NC)NCCSC)cc1OC. The number of benzene rings is 1. The van der Waals surface area contributed by atoms with Gasteiger partial charge in [0.2, 0.25) is 0 Å². The molecule has 0 radical (unpaired) electrons. The van der Waals surface area contributed by atoms with Crippen molar-refractivity contribution in [2.45, 2.75) is 13.5 Å². The molecule has 0 aromatic heterocycles. The molecule has 21 heavy (non-hydrogen) atoms. The van der Waals surface area contributed by atoms with Gasteiger partial charge in [-0.2, -0.15) is 11.8 Å². The molecule has 0 heterocycles. The number of aliphatic imine (C=N–C) groups is 1. The average Bonchev–Trinajstić information content (AvgIpc) is 2.52. The second kappa shape index (κ2) is 10.2. The van der Waals surface area contributed by atoms with Gasteiger partial charge in [0, 0.05) is 25.9 Å². The molecular weight excluding hydrogens is 286 g/mol. The lowest BCUT2D eigenvalue weighted by Gasteiger charge is -2.13. The van der Waals surface area contributed by atoms with Crippen molar-refractivity contribution in [2.24, 2.45) is 4.99 Å². The summed E-state index contributed by atoms with van der Waals surface area (Å²) in [6.07, 6.45) is 2.09. The molecule has 0 aliphatic rings. The van der Waals surface area contributed by atoms with Crippen molar-refractivity contribution in [3.8, 4) is 11.5 Å². The molecular formula is C15H25N3O2S. The predicted octanol–water partition coefficient (Wildman–Crippen LogP) is 2.12. The summed E-state index contributed by atoms with van der Waals surface area (Å²) in [6, 6.07) is 5.94. The molecule has 1 aromatic rings. The quantitative estimate of drug-likeness (QED) is 0.437. The van der Waals surface area contributed by atoms with Crippen molar-refractivity contribution in [1.29, 1.82) is 0 Å². The van der Waals surface area contributed by atoms with Crippen LogP contribution in [0.3, 0.4) is 0 Å². The van der Waals surface area contributed by atoms with E-state index in [0.717, 1.165) is 35.3 Å². The summed E-state index contributed by atoms with van der Waals surface area (Å²) in [6.45, 7) is 4.16. The number of hydrogen-bond acceptors (Lipinski definition) is 4. The van der Waals surface area contributed by atoms with E-state index in [9.17, 15) is 0 Å². The van der Waals surface area contributed by atoms with E-state index in [1.807, 2.05) is 25.1 Å². The van der Waals surface area contributed by atoms with Crippen LogP contribution in [0.2, 0.25) is 0 Å². The van der Waals surface area contributed by atoms with E-state index in [-0.39, 0.29) is 0 Å². The first-order valence-electron chi connectivity index (χ1n) is 6.98. The van der Waals surface area contributed by atoms with Crippen molar-refractivity contribution in [2.75, 3.05) is 39.3 Å². The van der Waals surface area contributed by atoms with Crippen LogP contribution in [0, 0.1) is 0 Å². The topological polar surface area (TPSA) is 54.9 Å². The number of thioether (sulfide) groups is 1. The first kappa shape index (κ1) is 17.5. The number of rotatable bonds is 8. The Balaban J connectivity index is 2.58. The van der Waals surface area contributed by atoms with Gasteiger partial charge in [0.15, 0.2) is 17.5 Å². The maximum absolute atomic E-state index is 5.51. The molecule has 0 saturated carbocycles. The van der Waals surface area contributed by atoms with E-state index in [0.29, 0.717) is 13.2 Å². The third-order valence-corrected chi connectivity index (χ3v) is 3.42. The predicted molar refractivity (Wildman–Crippen MR) is 90.7 cm³/mol. The van der Waals surface area contributed by atoms with E-state index < -0.39 is 0 Å². The monoisotopic (exact) mass is 311 g/mol. The van der Waals surface area contributed by atoms with Crippen LogP contribution in [-0.2, 0) is 6.54 Å². The van der Waals surface area contributed by atoms with Crippen LogP contribution in [0.4, 0.5) is 0 Å². The lowest BCUT2D eigenvalue weighted by atomic mass is 10.2. The fraction of sp³-hybridized carbons (Fsp3) is 0.533. The van der Waals surface area contributed by atoms with E-state index in [1.54, 1.807) is 25.9 Å². The van der Waals surface area contributed by atoms with Crippen molar-refractivity contribution >= 4 is 17.7 Å². The van der Waals surface area contributed by atoms with Crippen molar-refractivity contribution in [3.05, 3.63) is 23.8 Å². The van der Waals surface area contributed by atoms with Gasteiger partial charge in [0.25, 0.3) is 0 Å². The Morgan fingerprint density at radius 2 is 2.10 bits per heavy atom. The van der Waals surface area contributed by atoms with E-state index in [4.69, 9.17) is 9.47 Å². The first-order valence-corrected chi connectivity index (χ1v) is 8.37. The molecule has 0 amide bonds. The molecule has 0 spiro atoms. The van der Waals surface area contributed by atoms with Crippen molar-refractivity contribution in [3.63, 3.8) is 0 Å². The highest BCUT2D eigenvalue weighted by atomic mass is 32.2. The summed E-state index contributed by atoms with van der Waals surface area (Å²) >= 11 is 1.80. The van der Waals surface area contributed by atoms with Crippen molar-refractivity contribution in [1.82, 2.24) is 10.6 Å². The highest BCUT2D eigenvalue weighted by Crippen LogP contribution is 2.27. The van der Waals surface area contributed by atoms with Crippen LogP contribution in [0.5, 0.6) is 11.5 Å². The van der Waals surface area contributed by atoms with Gasteiger partial charge in [-0.25, -0.2) is 0 Å². The molecule has 1 rings (SSSR count). The minimum Gasteiger partial charge on any atom is -0.493 e. The number of ether oxygens (including phenoxy) is 2. The Morgan fingerprint density at radius 1 is 1.29 bits per heavy atom. The zero-order chi connectivity index (χ0) is 15.5.